The average molecular weight is 383 g/mol. The Kier molecular flexibility index (Phi) is 4.63. The van der Waals surface area contributed by atoms with E-state index in [9.17, 15) is 0 Å². The van der Waals surface area contributed by atoms with Crippen molar-refractivity contribution >= 4 is 22.8 Å². The Hall–Kier alpha value is -3.14. The molecule has 0 aliphatic rings. The maximum atomic E-state index is 5.47. The molecular formula is C17H17N7O2S. The standard InChI is InChI=1S/C17H17N7O2S/c1-23-16(20-21-22-23)24-13-7-5-4-6-11(13)19-17(24)27-10-12-15(26-3)14(25-2)8-9-18-12/h4-9H,10H2,1-3H3. The van der Waals surface area contributed by atoms with Crippen molar-refractivity contribution in [2.75, 3.05) is 14.2 Å². The van der Waals surface area contributed by atoms with Crippen molar-refractivity contribution in [3.8, 4) is 17.4 Å². The number of pyridine rings is 1. The van der Waals surface area contributed by atoms with Gasteiger partial charge in [-0.3, -0.25) is 9.55 Å². The number of benzene rings is 1. The molecule has 9 nitrogen and oxygen atoms in total. The van der Waals surface area contributed by atoms with Gasteiger partial charge in [-0.05, 0) is 22.6 Å². The van der Waals surface area contributed by atoms with Crippen molar-refractivity contribution in [1.29, 1.82) is 0 Å². The predicted octanol–water partition coefficient (Wildman–Crippen LogP) is 2.25. The fraction of sp³-hybridized carbons (Fsp3) is 0.235. The van der Waals surface area contributed by atoms with Crippen molar-refractivity contribution in [2.24, 2.45) is 7.05 Å². The van der Waals surface area contributed by atoms with E-state index in [1.807, 2.05) is 28.8 Å². The molecule has 0 aliphatic carbocycles. The first-order chi connectivity index (χ1) is 13.2. The molecule has 0 spiro atoms. The summed E-state index contributed by atoms with van der Waals surface area (Å²) in [5.41, 5.74) is 2.58. The summed E-state index contributed by atoms with van der Waals surface area (Å²) in [5.74, 6) is 2.41. The quantitative estimate of drug-likeness (QED) is 0.468. The molecule has 3 aromatic heterocycles. The van der Waals surface area contributed by atoms with E-state index in [2.05, 4.69) is 20.5 Å². The Morgan fingerprint density at radius 3 is 2.70 bits per heavy atom. The van der Waals surface area contributed by atoms with Crippen molar-refractivity contribution in [3.05, 3.63) is 42.2 Å². The highest BCUT2D eigenvalue weighted by atomic mass is 32.2. The fourth-order valence-electron chi connectivity index (χ4n) is 2.79. The number of rotatable bonds is 6. The summed E-state index contributed by atoms with van der Waals surface area (Å²) in [5, 5.41) is 12.6. The van der Waals surface area contributed by atoms with Gasteiger partial charge in [-0.1, -0.05) is 29.0 Å². The maximum Gasteiger partial charge on any atom is 0.256 e. The molecule has 3 heterocycles. The van der Waals surface area contributed by atoms with E-state index in [1.165, 1.54) is 11.8 Å². The minimum atomic E-state index is 0.551. The lowest BCUT2D eigenvalue weighted by Gasteiger charge is -2.11. The lowest BCUT2D eigenvalue weighted by molar-refractivity contribution is 0.350. The van der Waals surface area contributed by atoms with Gasteiger partial charge in [0.1, 0.15) is 0 Å². The lowest BCUT2D eigenvalue weighted by atomic mass is 10.3. The monoisotopic (exact) mass is 383 g/mol. The second kappa shape index (κ2) is 7.23. The largest absolute Gasteiger partial charge is 0.493 e. The van der Waals surface area contributed by atoms with Crippen LogP contribution in [0.3, 0.4) is 0 Å². The van der Waals surface area contributed by atoms with E-state index < -0.39 is 0 Å². The van der Waals surface area contributed by atoms with Crippen LogP contribution in [0.2, 0.25) is 0 Å². The van der Waals surface area contributed by atoms with E-state index in [4.69, 9.17) is 14.5 Å². The van der Waals surface area contributed by atoms with Gasteiger partial charge >= 0.3 is 0 Å². The summed E-state index contributed by atoms with van der Waals surface area (Å²) in [6, 6.07) is 9.64. The smallest absolute Gasteiger partial charge is 0.256 e. The van der Waals surface area contributed by atoms with Crippen molar-refractivity contribution in [1.82, 2.24) is 34.7 Å². The highest BCUT2D eigenvalue weighted by Crippen LogP contribution is 2.34. The summed E-state index contributed by atoms with van der Waals surface area (Å²) >= 11 is 1.53. The number of nitrogens with zero attached hydrogens (tertiary/aromatic N) is 7. The SMILES string of the molecule is COc1ccnc(CSc2nc3ccccc3n2-c2nnnn2C)c1OC. The minimum absolute atomic E-state index is 0.551. The lowest BCUT2D eigenvalue weighted by Crippen LogP contribution is -2.06. The second-order valence-electron chi connectivity index (χ2n) is 5.60. The fourth-order valence-corrected chi connectivity index (χ4v) is 3.74. The number of ether oxygens (including phenoxy) is 2. The summed E-state index contributed by atoms with van der Waals surface area (Å²) in [4.78, 5) is 9.17. The number of tetrazole rings is 1. The van der Waals surface area contributed by atoms with E-state index in [1.54, 1.807) is 38.2 Å². The molecule has 27 heavy (non-hydrogen) atoms. The molecule has 0 saturated heterocycles. The number of thioether (sulfide) groups is 1. The molecule has 0 radical (unpaired) electrons. The van der Waals surface area contributed by atoms with E-state index in [-0.39, 0.29) is 0 Å². The third-order valence-electron chi connectivity index (χ3n) is 4.03. The third kappa shape index (κ3) is 3.08. The number of imidazole rings is 1. The van der Waals surface area contributed by atoms with Crippen LogP contribution in [0, 0.1) is 0 Å². The molecule has 0 saturated carbocycles. The topological polar surface area (TPSA) is 92.8 Å². The van der Waals surface area contributed by atoms with Gasteiger partial charge in [-0.25, -0.2) is 9.67 Å². The van der Waals surface area contributed by atoms with Gasteiger partial charge in [0.05, 0.1) is 30.9 Å². The van der Waals surface area contributed by atoms with Crippen LogP contribution in [0.5, 0.6) is 11.5 Å². The Balaban J connectivity index is 1.74. The molecule has 4 rings (SSSR count). The van der Waals surface area contributed by atoms with Gasteiger partial charge in [0.15, 0.2) is 16.7 Å². The Morgan fingerprint density at radius 1 is 1.11 bits per heavy atom. The van der Waals surface area contributed by atoms with Crippen LogP contribution in [-0.2, 0) is 12.8 Å². The number of para-hydroxylation sites is 2. The molecule has 1 aromatic carbocycles. The number of methoxy groups -OCH3 is 2. The summed E-state index contributed by atoms with van der Waals surface area (Å²) < 4.78 is 14.4. The predicted molar refractivity (Wildman–Crippen MR) is 100 cm³/mol. The van der Waals surface area contributed by atoms with Gasteiger partial charge in [0, 0.05) is 25.1 Å². The van der Waals surface area contributed by atoms with E-state index >= 15 is 0 Å². The van der Waals surface area contributed by atoms with Crippen LogP contribution in [0.15, 0.2) is 41.7 Å². The molecular weight excluding hydrogens is 366 g/mol. The molecule has 0 fully saturated rings. The molecule has 0 unspecified atom stereocenters. The van der Waals surface area contributed by atoms with Crippen LogP contribution in [0.25, 0.3) is 17.0 Å². The van der Waals surface area contributed by atoms with Crippen molar-refractivity contribution in [3.63, 3.8) is 0 Å². The number of fused-ring (bicyclic) bond motifs is 1. The normalized spacial score (nSPS) is 11.1. The first-order valence-corrected chi connectivity index (χ1v) is 9.10. The molecule has 0 bridgehead atoms. The molecule has 10 heteroatoms. The molecule has 138 valence electrons. The first-order valence-electron chi connectivity index (χ1n) is 8.11. The van der Waals surface area contributed by atoms with Gasteiger partial charge in [-0.2, -0.15) is 0 Å². The molecule has 4 aromatic rings. The summed E-state index contributed by atoms with van der Waals surface area (Å²) in [6.07, 6.45) is 1.70. The molecule has 0 aliphatic heterocycles. The number of hydrogen-bond acceptors (Lipinski definition) is 8. The Bertz CT molecular complexity index is 1090. The van der Waals surface area contributed by atoms with Gasteiger partial charge in [0.2, 0.25) is 0 Å². The zero-order valence-corrected chi connectivity index (χ0v) is 15.8. The van der Waals surface area contributed by atoms with Crippen LogP contribution >= 0.6 is 11.8 Å². The van der Waals surface area contributed by atoms with Crippen LogP contribution in [-0.4, -0.2) is 49.0 Å². The summed E-state index contributed by atoms with van der Waals surface area (Å²) in [6.45, 7) is 0. The molecule has 0 N–H and O–H groups in total. The van der Waals surface area contributed by atoms with Crippen LogP contribution < -0.4 is 9.47 Å². The molecule has 0 amide bonds. The number of aryl methyl sites for hydroxylation is 1. The van der Waals surface area contributed by atoms with Crippen molar-refractivity contribution in [2.45, 2.75) is 10.9 Å². The van der Waals surface area contributed by atoms with Gasteiger partial charge in [0.25, 0.3) is 5.95 Å². The zero-order valence-electron chi connectivity index (χ0n) is 15.0. The Morgan fingerprint density at radius 2 is 1.96 bits per heavy atom. The highest BCUT2D eigenvalue weighted by Gasteiger charge is 2.19. The van der Waals surface area contributed by atoms with E-state index in [0.717, 1.165) is 21.9 Å². The van der Waals surface area contributed by atoms with Crippen molar-refractivity contribution < 1.29 is 9.47 Å². The van der Waals surface area contributed by atoms with E-state index in [0.29, 0.717) is 23.2 Å². The number of aromatic nitrogens is 7. The van der Waals surface area contributed by atoms with Gasteiger partial charge < -0.3 is 9.47 Å². The van der Waals surface area contributed by atoms with Crippen LogP contribution in [0.1, 0.15) is 5.69 Å². The number of hydrogen-bond donors (Lipinski definition) is 0. The Labute approximate surface area is 159 Å². The zero-order chi connectivity index (χ0) is 18.8. The maximum absolute atomic E-state index is 5.47. The average Bonchev–Trinajstić information content (AvgIpc) is 3.28. The second-order valence-corrected chi connectivity index (χ2v) is 6.55. The highest BCUT2D eigenvalue weighted by molar-refractivity contribution is 7.98. The van der Waals surface area contributed by atoms with Gasteiger partial charge in [-0.15, -0.1) is 0 Å². The third-order valence-corrected chi connectivity index (χ3v) is 4.98. The molecule has 0 atom stereocenters. The first kappa shape index (κ1) is 17.3. The van der Waals surface area contributed by atoms with Crippen LogP contribution in [0.4, 0.5) is 0 Å². The minimum Gasteiger partial charge on any atom is -0.493 e. The summed E-state index contributed by atoms with van der Waals surface area (Å²) in [7, 11) is 5.01.